The Morgan fingerprint density at radius 1 is 1.10 bits per heavy atom. The van der Waals surface area contributed by atoms with Gasteiger partial charge in [-0.2, -0.15) is 9.78 Å². The third kappa shape index (κ3) is 3.21. The predicted octanol–water partition coefficient (Wildman–Crippen LogP) is 4.18. The molecule has 0 spiro atoms. The molecular weight excluding hydrogens is 390 g/mol. The van der Waals surface area contributed by atoms with E-state index in [0.717, 1.165) is 16.8 Å². The minimum absolute atomic E-state index is 0.202. The van der Waals surface area contributed by atoms with E-state index in [1.54, 1.807) is 29.1 Å². The molecule has 29 heavy (non-hydrogen) atoms. The smallest absolute Gasteiger partial charge is 0.341 e. The van der Waals surface area contributed by atoms with Crippen LogP contribution in [0.3, 0.4) is 0 Å². The number of ether oxygens (including phenoxy) is 1. The molecule has 2 heterocycles. The van der Waals surface area contributed by atoms with Crippen LogP contribution in [0.4, 0.5) is 0 Å². The summed E-state index contributed by atoms with van der Waals surface area (Å²) < 4.78 is 7.95. The van der Waals surface area contributed by atoms with Gasteiger partial charge in [-0.3, -0.25) is 4.79 Å². The summed E-state index contributed by atoms with van der Waals surface area (Å²) in [6.07, 6.45) is 3.28. The molecule has 0 saturated carbocycles. The predicted molar refractivity (Wildman–Crippen MR) is 112 cm³/mol. The van der Waals surface area contributed by atoms with Gasteiger partial charge in [-0.15, -0.1) is 0 Å². The molecular formula is C22H18ClN3O3. The van der Waals surface area contributed by atoms with Gasteiger partial charge in [0, 0.05) is 23.1 Å². The van der Waals surface area contributed by atoms with E-state index < -0.39 is 5.97 Å². The van der Waals surface area contributed by atoms with Crippen molar-refractivity contribution in [3.63, 3.8) is 0 Å². The number of esters is 1. The highest BCUT2D eigenvalue weighted by atomic mass is 35.5. The summed E-state index contributed by atoms with van der Waals surface area (Å²) in [4.78, 5) is 25.6. The fraction of sp³-hybridized carbons (Fsp3) is 0.136. The Balaban J connectivity index is 2.03. The van der Waals surface area contributed by atoms with Gasteiger partial charge in [0.05, 0.1) is 18.4 Å². The number of halogens is 1. The van der Waals surface area contributed by atoms with E-state index in [1.807, 2.05) is 44.2 Å². The van der Waals surface area contributed by atoms with Crippen LogP contribution in [0, 0.1) is 13.8 Å². The summed E-state index contributed by atoms with van der Waals surface area (Å²) >= 11 is 6.26. The van der Waals surface area contributed by atoms with E-state index in [0.29, 0.717) is 22.0 Å². The van der Waals surface area contributed by atoms with Crippen LogP contribution in [0.5, 0.6) is 0 Å². The molecule has 2 aliphatic rings. The van der Waals surface area contributed by atoms with Gasteiger partial charge in [-0.05, 0) is 49.2 Å². The van der Waals surface area contributed by atoms with E-state index in [4.69, 9.17) is 16.3 Å². The van der Waals surface area contributed by atoms with E-state index in [1.165, 1.54) is 11.8 Å². The number of hydrogen-bond donors (Lipinski definition) is 0. The van der Waals surface area contributed by atoms with Crippen molar-refractivity contribution in [3.8, 4) is 22.6 Å². The fourth-order valence-corrected chi connectivity index (χ4v) is 3.49. The first-order chi connectivity index (χ1) is 13.9. The highest BCUT2D eigenvalue weighted by Gasteiger charge is 2.25. The van der Waals surface area contributed by atoms with Crippen molar-refractivity contribution < 1.29 is 9.53 Å². The molecule has 6 nitrogen and oxygen atoms in total. The third-order valence-electron chi connectivity index (χ3n) is 4.84. The summed E-state index contributed by atoms with van der Waals surface area (Å²) in [5, 5.41) is 5.02. The molecule has 0 amide bonds. The van der Waals surface area contributed by atoms with Crippen molar-refractivity contribution in [2.75, 3.05) is 7.11 Å². The molecule has 146 valence electrons. The van der Waals surface area contributed by atoms with Crippen LogP contribution < -0.4 is 5.56 Å². The normalized spacial score (nSPS) is 11.0. The number of fused-ring (bicyclic) bond motifs is 1. The van der Waals surface area contributed by atoms with E-state index >= 15 is 0 Å². The van der Waals surface area contributed by atoms with Crippen molar-refractivity contribution in [3.05, 3.63) is 86.9 Å². The van der Waals surface area contributed by atoms with E-state index in [2.05, 4.69) is 5.10 Å². The highest BCUT2D eigenvalue weighted by Crippen LogP contribution is 2.28. The van der Waals surface area contributed by atoms with Crippen molar-refractivity contribution in [1.29, 1.82) is 0 Å². The number of aryl methyl sites for hydroxylation is 1. The number of carbonyl (C=O) groups is 1. The molecule has 0 N–H and O–H groups in total. The highest BCUT2D eigenvalue weighted by molar-refractivity contribution is 6.31. The van der Waals surface area contributed by atoms with Gasteiger partial charge >= 0.3 is 5.97 Å². The first-order valence-corrected chi connectivity index (χ1v) is 9.34. The number of benzene rings is 2. The Morgan fingerprint density at radius 3 is 2.59 bits per heavy atom. The molecule has 0 aromatic heterocycles. The molecule has 2 aromatic rings. The van der Waals surface area contributed by atoms with Gasteiger partial charge in [-0.25, -0.2) is 4.79 Å². The monoisotopic (exact) mass is 407 g/mol. The van der Waals surface area contributed by atoms with Crippen LogP contribution in [0.25, 0.3) is 22.6 Å². The minimum Gasteiger partial charge on any atom is -0.465 e. The molecule has 0 saturated heterocycles. The second-order valence-corrected chi connectivity index (χ2v) is 7.18. The van der Waals surface area contributed by atoms with Crippen molar-refractivity contribution in [2.24, 2.45) is 0 Å². The van der Waals surface area contributed by atoms with Crippen LogP contribution in [-0.4, -0.2) is 27.4 Å². The summed E-state index contributed by atoms with van der Waals surface area (Å²) in [5.74, 6) is -0.571. The van der Waals surface area contributed by atoms with Crippen molar-refractivity contribution in [1.82, 2.24) is 14.3 Å². The van der Waals surface area contributed by atoms with Gasteiger partial charge < -0.3 is 9.30 Å². The maximum Gasteiger partial charge on any atom is 0.341 e. The standard InChI is InChI=1S/C22H18ClN3O3/c1-13-6-4-7-15(10-13)26-21(27)16-11-25(19-9-5-8-18(23)14(19)2)12-17(20(16)24-26)22(28)29-3/h4-12H,1-3H3. The number of aromatic nitrogens is 3. The summed E-state index contributed by atoms with van der Waals surface area (Å²) in [5.41, 5.74) is 3.71. The molecule has 0 bridgehead atoms. The first-order valence-electron chi connectivity index (χ1n) is 8.96. The van der Waals surface area contributed by atoms with Crippen molar-refractivity contribution >= 4 is 17.6 Å². The number of rotatable bonds is 3. The van der Waals surface area contributed by atoms with E-state index in [9.17, 15) is 9.59 Å². The summed E-state index contributed by atoms with van der Waals surface area (Å²) in [7, 11) is 1.30. The summed E-state index contributed by atoms with van der Waals surface area (Å²) in [6, 6.07) is 12.9. The van der Waals surface area contributed by atoms with Crippen LogP contribution in [0.15, 0.2) is 59.7 Å². The van der Waals surface area contributed by atoms with Gasteiger partial charge in [-0.1, -0.05) is 29.8 Å². The van der Waals surface area contributed by atoms with Gasteiger partial charge in [0.15, 0.2) is 0 Å². The topological polar surface area (TPSA) is 66.1 Å². The maximum atomic E-state index is 13.1. The Kier molecular flexibility index (Phi) is 4.72. The molecule has 0 fully saturated rings. The van der Waals surface area contributed by atoms with Crippen LogP contribution in [0.2, 0.25) is 5.02 Å². The number of pyridine rings is 1. The SMILES string of the molecule is COC(=O)c1cn(-c2cccc(Cl)c2C)cc2c(=O)n(-c3cccc(C)c3)nc1-2. The molecule has 0 atom stereocenters. The Labute approximate surface area is 172 Å². The van der Waals surface area contributed by atoms with Gasteiger partial charge in [0.25, 0.3) is 5.56 Å². The molecule has 0 unspecified atom stereocenters. The van der Waals surface area contributed by atoms with Crippen LogP contribution >= 0.6 is 11.6 Å². The largest absolute Gasteiger partial charge is 0.465 e. The average Bonchev–Trinajstić information content (AvgIpc) is 3.05. The molecule has 0 radical (unpaired) electrons. The Bertz CT molecular complexity index is 1270. The third-order valence-corrected chi connectivity index (χ3v) is 5.25. The molecule has 0 aliphatic carbocycles. The number of carbonyl (C=O) groups excluding carboxylic acids is 1. The molecule has 7 heteroatoms. The van der Waals surface area contributed by atoms with E-state index in [-0.39, 0.29) is 11.1 Å². The Morgan fingerprint density at radius 2 is 1.86 bits per heavy atom. The average molecular weight is 408 g/mol. The molecule has 2 aliphatic heterocycles. The maximum absolute atomic E-state index is 13.1. The zero-order chi connectivity index (χ0) is 20.7. The van der Waals surface area contributed by atoms with Crippen molar-refractivity contribution in [2.45, 2.75) is 13.8 Å². The lowest BCUT2D eigenvalue weighted by Gasteiger charge is -2.14. The van der Waals surface area contributed by atoms with Gasteiger partial charge in [0.2, 0.25) is 0 Å². The zero-order valence-corrected chi connectivity index (χ0v) is 16.9. The van der Waals surface area contributed by atoms with Gasteiger partial charge in [0.1, 0.15) is 11.3 Å². The molecule has 4 rings (SSSR count). The lowest BCUT2D eigenvalue weighted by atomic mass is 10.1. The second kappa shape index (κ2) is 7.22. The first kappa shape index (κ1) is 19.0. The fourth-order valence-electron chi connectivity index (χ4n) is 3.32. The minimum atomic E-state index is -0.571. The summed E-state index contributed by atoms with van der Waals surface area (Å²) in [6.45, 7) is 3.81. The Hall–Kier alpha value is -3.38. The lowest BCUT2D eigenvalue weighted by molar-refractivity contribution is 0.0600. The number of methoxy groups -OCH3 is 1. The molecule has 2 aromatic carbocycles. The van der Waals surface area contributed by atoms with Crippen LogP contribution in [0.1, 0.15) is 21.5 Å². The number of hydrogen-bond acceptors (Lipinski definition) is 4. The quantitative estimate of drug-likeness (QED) is 0.478. The number of nitrogens with zero attached hydrogens (tertiary/aromatic N) is 3. The second-order valence-electron chi connectivity index (χ2n) is 6.77. The zero-order valence-electron chi connectivity index (χ0n) is 16.1. The van der Waals surface area contributed by atoms with Crippen LogP contribution in [-0.2, 0) is 4.74 Å². The lowest BCUT2D eigenvalue weighted by Crippen LogP contribution is -2.15.